The number of amides is 1. The van der Waals surface area contributed by atoms with Crippen LogP contribution in [-0.4, -0.2) is 39.2 Å². The number of nitrogens with zero attached hydrogens (tertiary/aromatic N) is 3. The smallest absolute Gasteiger partial charge is 0.266 e. The van der Waals surface area contributed by atoms with E-state index < -0.39 is 0 Å². The zero-order valence-corrected chi connectivity index (χ0v) is 18.1. The van der Waals surface area contributed by atoms with E-state index in [1.807, 2.05) is 50.2 Å². The molecule has 0 atom stereocenters. The van der Waals surface area contributed by atoms with Crippen LogP contribution in [0.25, 0.3) is 16.6 Å². The Bertz CT molecular complexity index is 1160. The summed E-state index contributed by atoms with van der Waals surface area (Å²) in [5.74, 6) is 0.103. The molecule has 0 fully saturated rings. The first-order valence-electron chi connectivity index (χ1n) is 9.68. The van der Waals surface area contributed by atoms with Crippen LogP contribution in [0.1, 0.15) is 11.1 Å². The van der Waals surface area contributed by atoms with Crippen LogP contribution in [-0.2, 0) is 4.79 Å². The van der Waals surface area contributed by atoms with Crippen molar-refractivity contribution < 1.29 is 4.79 Å². The molecular weight excluding hydrogens is 394 g/mol. The molecule has 0 saturated heterocycles. The van der Waals surface area contributed by atoms with E-state index in [-0.39, 0.29) is 17.2 Å². The second-order valence-electron chi connectivity index (χ2n) is 6.99. The zero-order valence-electron chi connectivity index (χ0n) is 17.3. The van der Waals surface area contributed by atoms with Gasteiger partial charge in [-0.05, 0) is 49.2 Å². The van der Waals surface area contributed by atoms with Gasteiger partial charge < -0.3 is 4.90 Å². The molecule has 0 radical (unpaired) electrons. The first kappa shape index (κ1) is 21.6. The summed E-state index contributed by atoms with van der Waals surface area (Å²) in [5.41, 5.74) is 3.45. The van der Waals surface area contributed by atoms with Crippen molar-refractivity contribution in [2.75, 3.05) is 18.8 Å². The molecule has 0 aliphatic rings. The lowest BCUT2D eigenvalue weighted by atomic mass is 10.1. The molecule has 3 aromatic rings. The normalized spacial score (nSPS) is 10.7. The predicted octanol–water partition coefficient (Wildman–Crippen LogP) is 4.30. The summed E-state index contributed by atoms with van der Waals surface area (Å²) in [5, 5.41) is 1.04. The van der Waals surface area contributed by atoms with Gasteiger partial charge in [0.1, 0.15) is 0 Å². The highest BCUT2D eigenvalue weighted by Gasteiger charge is 2.17. The van der Waals surface area contributed by atoms with E-state index in [2.05, 4.69) is 13.2 Å². The third kappa shape index (κ3) is 4.54. The standard InChI is InChI=1S/C24H25N3O2S/c1-5-13-26(14-6-2)22(28)16-30-24-25-21-10-8-7-9-20(21)23(29)27(24)19-12-11-17(3)18(4)15-19/h5-12,15H,1-2,13-14,16H2,3-4H3. The zero-order chi connectivity index (χ0) is 21.7. The number of aryl methyl sites for hydroxylation is 2. The number of carbonyl (C=O) groups is 1. The van der Waals surface area contributed by atoms with Crippen LogP contribution in [0.4, 0.5) is 0 Å². The lowest BCUT2D eigenvalue weighted by Crippen LogP contribution is -2.33. The summed E-state index contributed by atoms with van der Waals surface area (Å²) in [6, 6.07) is 13.1. The van der Waals surface area contributed by atoms with Gasteiger partial charge in [0, 0.05) is 13.1 Å². The first-order chi connectivity index (χ1) is 14.5. The Labute approximate surface area is 180 Å². The molecule has 1 heterocycles. The summed E-state index contributed by atoms with van der Waals surface area (Å²) in [6.45, 7) is 12.3. The number of carbonyl (C=O) groups excluding carboxylic acids is 1. The molecule has 1 amide bonds. The summed E-state index contributed by atoms with van der Waals surface area (Å²) >= 11 is 1.26. The Kier molecular flexibility index (Phi) is 6.90. The van der Waals surface area contributed by atoms with E-state index in [9.17, 15) is 9.59 Å². The fraction of sp³-hybridized carbons (Fsp3) is 0.208. The molecular formula is C24H25N3O2S. The molecule has 154 valence electrons. The van der Waals surface area contributed by atoms with Gasteiger partial charge in [-0.15, -0.1) is 13.2 Å². The molecule has 0 N–H and O–H groups in total. The lowest BCUT2D eigenvalue weighted by Gasteiger charge is -2.19. The first-order valence-corrected chi connectivity index (χ1v) is 10.7. The van der Waals surface area contributed by atoms with Crippen LogP contribution in [0.3, 0.4) is 0 Å². The van der Waals surface area contributed by atoms with Gasteiger partial charge in [0.25, 0.3) is 5.56 Å². The van der Waals surface area contributed by atoms with E-state index in [0.29, 0.717) is 29.1 Å². The van der Waals surface area contributed by atoms with Crippen molar-refractivity contribution in [1.82, 2.24) is 14.5 Å². The Balaban J connectivity index is 2.05. The minimum Gasteiger partial charge on any atom is -0.335 e. The van der Waals surface area contributed by atoms with Crippen LogP contribution in [0.2, 0.25) is 0 Å². The van der Waals surface area contributed by atoms with E-state index in [1.165, 1.54) is 11.8 Å². The lowest BCUT2D eigenvalue weighted by molar-refractivity contribution is -0.127. The molecule has 0 saturated carbocycles. The molecule has 3 rings (SSSR count). The van der Waals surface area contributed by atoms with Crippen molar-refractivity contribution in [3.8, 4) is 5.69 Å². The predicted molar refractivity (Wildman–Crippen MR) is 125 cm³/mol. The van der Waals surface area contributed by atoms with Crippen LogP contribution >= 0.6 is 11.8 Å². The van der Waals surface area contributed by atoms with Crippen molar-refractivity contribution in [2.24, 2.45) is 0 Å². The molecule has 1 aromatic heterocycles. The molecule has 0 aliphatic carbocycles. The Morgan fingerprint density at radius 2 is 1.80 bits per heavy atom. The third-order valence-corrected chi connectivity index (χ3v) is 5.79. The van der Waals surface area contributed by atoms with Crippen molar-refractivity contribution in [1.29, 1.82) is 0 Å². The van der Waals surface area contributed by atoms with Gasteiger partial charge in [-0.1, -0.05) is 42.1 Å². The molecule has 5 nitrogen and oxygen atoms in total. The highest BCUT2D eigenvalue weighted by atomic mass is 32.2. The van der Waals surface area contributed by atoms with Crippen LogP contribution in [0.5, 0.6) is 0 Å². The van der Waals surface area contributed by atoms with E-state index in [0.717, 1.165) is 16.8 Å². The number of rotatable bonds is 8. The number of aromatic nitrogens is 2. The average molecular weight is 420 g/mol. The van der Waals surface area contributed by atoms with Crippen molar-refractivity contribution >= 4 is 28.6 Å². The minimum absolute atomic E-state index is 0.0613. The largest absolute Gasteiger partial charge is 0.335 e. The van der Waals surface area contributed by atoms with E-state index in [1.54, 1.807) is 27.7 Å². The van der Waals surface area contributed by atoms with Gasteiger partial charge in [-0.3, -0.25) is 14.2 Å². The van der Waals surface area contributed by atoms with Crippen LogP contribution in [0.15, 0.2) is 77.7 Å². The molecule has 6 heteroatoms. The molecule has 2 aromatic carbocycles. The van der Waals surface area contributed by atoms with E-state index >= 15 is 0 Å². The molecule has 0 unspecified atom stereocenters. The minimum atomic E-state index is -0.146. The Morgan fingerprint density at radius 3 is 2.47 bits per heavy atom. The number of hydrogen-bond acceptors (Lipinski definition) is 4. The molecule has 0 aliphatic heterocycles. The third-order valence-electron chi connectivity index (χ3n) is 4.87. The summed E-state index contributed by atoms with van der Waals surface area (Å²) < 4.78 is 1.60. The van der Waals surface area contributed by atoms with Gasteiger partial charge >= 0.3 is 0 Å². The Morgan fingerprint density at radius 1 is 1.10 bits per heavy atom. The van der Waals surface area contributed by atoms with Crippen molar-refractivity contribution in [3.63, 3.8) is 0 Å². The highest BCUT2D eigenvalue weighted by molar-refractivity contribution is 7.99. The summed E-state index contributed by atoms with van der Waals surface area (Å²) in [6.07, 6.45) is 3.37. The van der Waals surface area contributed by atoms with Crippen LogP contribution < -0.4 is 5.56 Å². The van der Waals surface area contributed by atoms with Gasteiger partial charge in [0.2, 0.25) is 5.91 Å². The summed E-state index contributed by atoms with van der Waals surface area (Å²) in [7, 11) is 0. The molecule has 30 heavy (non-hydrogen) atoms. The van der Waals surface area contributed by atoms with Crippen LogP contribution in [0, 0.1) is 13.8 Å². The van der Waals surface area contributed by atoms with Gasteiger partial charge in [0.15, 0.2) is 5.16 Å². The maximum Gasteiger partial charge on any atom is 0.266 e. The maximum absolute atomic E-state index is 13.3. The fourth-order valence-electron chi connectivity index (χ4n) is 3.11. The molecule has 0 bridgehead atoms. The Hall–Kier alpha value is -3.12. The van der Waals surface area contributed by atoms with Crippen molar-refractivity contribution in [2.45, 2.75) is 19.0 Å². The number of fused-ring (bicyclic) bond motifs is 1. The topological polar surface area (TPSA) is 55.2 Å². The number of thioether (sulfide) groups is 1. The second-order valence-corrected chi connectivity index (χ2v) is 7.93. The monoisotopic (exact) mass is 419 g/mol. The van der Waals surface area contributed by atoms with E-state index in [4.69, 9.17) is 4.98 Å². The average Bonchev–Trinajstić information content (AvgIpc) is 2.74. The summed E-state index contributed by atoms with van der Waals surface area (Å²) in [4.78, 5) is 32.4. The maximum atomic E-state index is 13.3. The molecule has 0 spiro atoms. The number of para-hydroxylation sites is 1. The van der Waals surface area contributed by atoms with Crippen molar-refractivity contribution in [3.05, 3.63) is 89.3 Å². The fourth-order valence-corrected chi connectivity index (χ4v) is 4.02. The van der Waals surface area contributed by atoms with Gasteiger partial charge in [0.05, 0.1) is 22.3 Å². The van der Waals surface area contributed by atoms with Gasteiger partial charge in [-0.2, -0.15) is 0 Å². The SMILES string of the molecule is C=CCN(CC=C)C(=O)CSc1nc2ccccc2c(=O)n1-c1ccc(C)c(C)c1. The van der Waals surface area contributed by atoms with Gasteiger partial charge in [-0.25, -0.2) is 4.98 Å². The number of benzene rings is 2. The quantitative estimate of drug-likeness (QED) is 0.310. The second kappa shape index (κ2) is 9.59. The number of hydrogen-bond donors (Lipinski definition) is 0. The highest BCUT2D eigenvalue weighted by Crippen LogP contribution is 2.23.